The molecule has 0 aliphatic heterocycles. The van der Waals surface area contributed by atoms with Gasteiger partial charge in [0.2, 0.25) is 0 Å². The number of aryl methyl sites for hydroxylation is 2. The first-order chi connectivity index (χ1) is 15.3. The summed E-state index contributed by atoms with van der Waals surface area (Å²) in [5, 5.41) is 34.3. The van der Waals surface area contributed by atoms with Crippen LogP contribution in [0.4, 0.5) is 0 Å². The average molecular weight is 442 g/mol. The summed E-state index contributed by atoms with van der Waals surface area (Å²) in [6.07, 6.45) is 5.48. The first-order valence-corrected chi connectivity index (χ1v) is 10.2. The summed E-state index contributed by atoms with van der Waals surface area (Å²) < 4.78 is 3.32. The second-order valence-corrected chi connectivity index (χ2v) is 7.49. The molecule has 2 heterocycles. The highest BCUT2D eigenvalue weighted by Gasteiger charge is 2.13. The molecule has 3 rings (SSSR count). The molecular formula is C20H26N8O4. The molecule has 0 spiro atoms. The summed E-state index contributed by atoms with van der Waals surface area (Å²) in [5.74, 6) is -2.02. The van der Waals surface area contributed by atoms with E-state index in [1.54, 1.807) is 21.8 Å². The summed E-state index contributed by atoms with van der Waals surface area (Å²) in [7, 11) is 0. The number of nitrogens with zero attached hydrogens (tertiary/aromatic N) is 6. The number of benzene rings is 1. The highest BCUT2D eigenvalue weighted by atomic mass is 16.4. The van der Waals surface area contributed by atoms with E-state index in [4.69, 9.17) is 21.7 Å². The lowest BCUT2D eigenvalue weighted by atomic mass is 10.1. The van der Waals surface area contributed by atoms with Gasteiger partial charge in [-0.25, -0.2) is 0 Å². The standard InChI is InChI=1S/C20H26N8O4/c21-15(19(29)30)6-2-8-27-11-17(23-25-27)13-4-1-5-14(10-13)18-12-28(26-24-18)9-3-7-16(22)20(31)32/h1,4-5,10-12,15-16H,2-3,6-9,21-22H2,(H,29,30)(H,31,32). The van der Waals surface area contributed by atoms with Gasteiger partial charge in [0.1, 0.15) is 23.5 Å². The van der Waals surface area contributed by atoms with Crippen molar-refractivity contribution in [2.75, 3.05) is 0 Å². The Hall–Kier alpha value is -3.64. The summed E-state index contributed by atoms with van der Waals surface area (Å²) in [6, 6.07) is 5.89. The van der Waals surface area contributed by atoms with Gasteiger partial charge >= 0.3 is 11.9 Å². The molecule has 32 heavy (non-hydrogen) atoms. The van der Waals surface area contributed by atoms with E-state index in [1.165, 1.54) is 0 Å². The quantitative estimate of drug-likeness (QED) is 0.309. The van der Waals surface area contributed by atoms with Gasteiger partial charge in [-0.2, -0.15) is 0 Å². The van der Waals surface area contributed by atoms with Crippen molar-refractivity contribution >= 4 is 11.9 Å². The fourth-order valence-electron chi connectivity index (χ4n) is 3.11. The van der Waals surface area contributed by atoms with Crippen molar-refractivity contribution in [3.63, 3.8) is 0 Å². The number of nitrogens with two attached hydrogens (primary N) is 2. The van der Waals surface area contributed by atoms with Crippen LogP contribution in [0.15, 0.2) is 36.7 Å². The Morgan fingerprint density at radius 1 is 0.844 bits per heavy atom. The second kappa shape index (κ2) is 10.6. The van der Waals surface area contributed by atoms with E-state index in [9.17, 15) is 9.59 Å². The molecule has 0 fully saturated rings. The van der Waals surface area contributed by atoms with Crippen molar-refractivity contribution in [2.24, 2.45) is 11.5 Å². The lowest BCUT2D eigenvalue weighted by molar-refractivity contribution is -0.139. The first kappa shape index (κ1) is 23.0. The van der Waals surface area contributed by atoms with E-state index in [-0.39, 0.29) is 0 Å². The van der Waals surface area contributed by atoms with Gasteiger partial charge in [-0.3, -0.25) is 19.0 Å². The largest absolute Gasteiger partial charge is 0.480 e. The maximum atomic E-state index is 10.8. The highest BCUT2D eigenvalue weighted by molar-refractivity contribution is 5.73. The molecule has 0 saturated heterocycles. The molecule has 0 amide bonds. The molecule has 170 valence electrons. The Labute approximate surface area is 183 Å². The number of rotatable bonds is 12. The maximum Gasteiger partial charge on any atom is 0.320 e. The second-order valence-electron chi connectivity index (χ2n) is 7.49. The maximum absolute atomic E-state index is 10.8. The molecule has 12 nitrogen and oxygen atoms in total. The Bertz CT molecular complexity index is 984. The normalized spacial score (nSPS) is 13.1. The van der Waals surface area contributed by atoms with Crippen LogP contribution in [-0.4, -0.2) is 64.2 Å². The van der Waals surface area contributed by atoms with Gasteiger partial charge < -0.3 is 21.7 Å². The minimum atomic E-state index is -1.01. The van der Waals surface area contributed by atoms with Gasteiger partial charge in [0, 0.05) is 24.2 Å². The number of hydrogen-bond acceptors (Lipinski definition) is 8. The van der Waals surface area contributed by atoms with E-state index in [1.807, 2.05) is 24.3 Å². The molecular weight excluding hydrogens is 416 g/mol. The van der Waals surface area contributed by atoms with Gasteiger partial charge in [0.25, 0.3) is 0 Å². The van der Waals surface area contributed by atoms with Gasteiger partial charge in [0.15, 0.2) is 0 Å². The van der Waals surface area contributed by atoms with Crippen LogP contribution in [-0.2, 0) is 22.7 Å². The van der Waals surface area contributed by atoms with E-state index in [2.05, 4.69) is 20.6 Å². The molecule has 0 radical (unpaired) electrons. The molecule has 2 aromatic heterocycles. The summed E-state index contributed by atoms with van der Waals surface area (Å²) in [5.41, 5.74) is 14.1. The number of carbonyl (C=O) groups is 2. The fraction of sp³-hybridized carbons (Fsp3) is 0.400. The van der Waals surface area contributed by atoms with Gasteiger partial charge in [-0.05, 0) is 31.7 Å². The van der Waals surface area contributed by atoms with Crippen molar-refractivity contribution in [2.45, 2.75) is 50.9 Å². The van der Waals surface area contributed by atoms with Crippen molar-refractivity contribution in [1.29, 1.82) is 0 Å². The molecule has 2 atom stereocenters. The van der Waals surface area contributed by atoms with Crippen molar-refractivity contribution in [3.05, 3.63) is 36.7 Å². The summed E-state index contributed by atoms with van der Waals surface area (Å²) >= 11 is 0. The Morgan fingerprint density at radius 2 is 1.28 bits per heavy atom. The third-order valence-corrected chi connectivity index (χ3v) is 4.97. The molecule has 0 aliphatic carbocycles. The Kier molecular flexibility index (Phi) is 7.63. The van der Waals surface area contributed by atoms with Crippen LogP contribution in [0.3, 0.4) is 0 Å². The third kappa shape index (κ3) is 6.18. The fourth-order valence-corrected chi connectivity index (χ4v) is 3.11. The Morgan fingerprint density at radius 3 is 1.69 bits per heavy atom. The molecule has 12 heteroatoms. The van der Waals surface area contributed by atoms with Gasteiger partial charge in [-0.15, -0.1) is 10.2 Å². The number of carboxylic acids is 2. The number of hydrogen-bond donors (Lipinski definition) is 4. The third-order valence-electron chi connectivity index (χ3n) is 4.97. The zero-order valence-corrected chi connectivity index (χ0v) is 17.4. The van der Waals surface area contributed by atoms with E-state index >= 15 is 0 Å². The van der Waals surface area contributed by atoms with Crippen molar-refractivity contribution < 1.29 is 19.8 Å². The topological polar surface area (TPSA) is 188 Å². The highest BCUT2D eigenvalue weighted by Crippen LogP contribution is 2.23. The number of aromatic nitrogens is 6. The Balaban J connectivity index is 1.60. The average Bonchev–Trinajstić information content (AvgIpc) is 3.43. The van der Waals surface area contributed by atoms with Crippen LogP contribution in [0.1, 0.15) is 25.7 Å². The van der Waals surface area contributed by atoms with Crippen LogP contribution in [0.2, 0.25) is 0 Å². The lowest BCUT2D eigenvalue weighted by Crippen LogP contribution is -2.30. The summed E-state index contributed by atoms with van der Waals surface area (Å²) in [4.78, 5) is 21.6. The van der Waals surface area contributed by atoms with Crippen LogP contribution >= 0.6 is 0 Å². The van der Waals surface area contributed by atoms with Crippen LogP contribution in [0.5, 0.6) is 0 Å². The number of carboxylic acid groups (broad SMARTS) is 2. The first-order valence-electron chi connectivity index (χ1n) is 10.2. The molecule has 6 N–H and O–H groups in total. The van der Waals surface area contributed by atoms with E-state index in [0.717, 1.165) is 11.1 Å². The SMILES string of the molecule is NC(CCCn1cc(-c2cccc(-c3cn(CCCC(N)C(=O)O)nn3)c2)nn1)C(=O)O. The zero-order valence-electron chi connectivity index (χ0n) is 17.4. The minimum absolute atomic E-state index is 0.359. The predicted octanol–water partition coefficient (Wildman–Crippen LogP) is 0.588. The molecule has 0 bridgehead atoms. The molecule has 0 saturated carbocycles. The predicted molar refractivity (Wildman–Crippen MR) is 114 cm³/mol. The molecule has 2 unspecified atom stereocenters. The van der Waals surface area contributed by atoms with Crippen LogP contribution < -0.4 is 11.5 Å². The zero-order chi connectivity index (χ0) is 23.1. The van der Waals surface area contributed by atoms with Crippen molar-refractivity contribution in [1.82, 2.24) is 30.0 Å². The number of aliphatic carboxylic acids is 2. The summed E-state index contributed by atoms with van der Waals surface area (Å²) in [6.45, 7) is 1.04. The molecule has 3 aromatic rings. The molecule has 0 aliphatic rings. The van der Waals surface area contributed by atoms with Crippen molar-refractivity contribution in [3.8, 4) is 22.5 Å². The van der Waals surface area contributed by atoms with Gasteiger partial charge in [-0.1, -0.05) is 28.6 Å². The smallest absolute Gasteiger partial charge is 0.320 e. The van der Waals surface area contributed by atoms with E-state index in [0.29, 0.717) is 50.2 Å². The van der Waals surface area contributed by atoms with Crippen LogP contribution in [0, 0.1) is 0 Å². The monoisotopic (exact) mass is 442 g/mol. The molecule has 1 aromatic carbocycles. The van der Waals surface area contributed by atoms with Crippen LogP contribution in [0.25, 0.3) is 22.5 Å². The lowest BCUT2D eigenvalue weighted by Gasteiger charge is -2.05. The van der Waals surface area contributed by atoms with Gasteiger partial charge in [0.05, 0.1) is 12.4 Å². The minimum Gasteiger partial charge on any atom is -0.480 e. The van der Waals surface area contributed by atoms with E-state index < -0.39 is 24.0 Å².